The van der Waals surface area contributed by atoms with Crippen LogP contribution >= 0.6 is 0 Å². The van der Waals surface area contributed by atoms with E-state index in [1.807, 2.05) is 18.2 Å². The number of carboxylic acid groups (broad SMARTS) is 1. The van der Waals surface area contributed by atoms with Crippen molar-refractivity contribution in [2.75, 3.05) is 6.79 Å². The highest BCUT2D eigenvalue weighted by atomic mass is 16.7. The number of carboxylic acids is 1. The maximum atomic E-state index is 10.7. The van der Waals surface area contributed by atoms with E-state index >= 15 is 0 Å². The lowest BCUT2D eigenvalue weighted by molar-refractivity contribution is 0.0690. The summed E-state index contributed by atoms with van der Waals surface area (Å²) < 4.78 is 12.1. The molecular formula is C11H9N3O4. The summed E-state index contributed by atoms with van der Waals surface area (Å²) in [7, 11) is 0. The standard InChI is InChI=1S/C11H9N3O4/c15-11(16)8-5-14(13-12-8)4-7-2-1-3-9-10(7)18-6-17-9/h1-3,5H,4,6H2,(H,15,16). The zero-order chi connectivity index (χ0) is 12.5. The fourth-order valence-corrected chi connectivity index (χ4v) is 1.76. The Hall–Kier alpha value is -2.57. The molecule has 0 saturated carbocycles. The summed E-state index contributed by atoms with van der Waals surface area (Å²) >= 11 is 0. The minimum absolute atomic E-state index is 0.0836. The predicted molar refractivity (Wildman–Crippen MR) is 58.6 cm³/mol. The molecule has 1 aliphatic heterocycles. The van der Waals surface area contributed by atoms with Gasteiger partial charge in [-0.25, -0.2) is 9.48 Å². The summed E-state index contributed by atoms with van der Waals surface area (Å²) in [6.45, 7) is 0.580. The lowest BCUT2D eigenvalue weighted by atomic mass is 10.2. The van der Waals surface area contributed by atoms with Gasteiger partial charge in [0.15, 0.2) is 17.2 Å². The van der Waals surface area contributed by atoms with Crippen molar-refractivity contribution in [2.24, 2.45) is 0 Å². The lowest BCUT2D eigenvalue weighted by Gasteiger charge is -2.04. The van der Waals surface area contributed by atoms with Gasteiger partial charge in [0.1, 0.15) is 0 Å². The summed E-state index contributed by atoms with van der Waals surface area (Å²) in [4.78, 5) is 10.7. The average Bonchev–Trinajstić information content (AvgIpc) is 2.97. The van der Waals surface area contributed by atoms with E-state index in [0.29, 0.717) is 18.0 Å². The number of ether oxygens (including phenoxy) is 2. The van der Waals surface area contributed by atoms with Gasteiger partial charge < -0.3 is 14.6 Å². The topological polar surface area (TPSA) is 86.5 Å². The minimum Gasteiger partial charge on any atom is -0.476 e. The Kier molecular flexibility index (Phi) is 2.36. The van der Waals surface area contributed by atoms with Crippen LogP contribution in [0.5, 0.6) is 11.5 Å². The van der Waals surface area contributed by atoms with Crippen molar-refractivity contribution < 1.29 is 19.4 Å². The van der Waals surface area contributed by atoms with Gasteiger partial charge in [-0.3, -0.25) is 0 Å². The molecule has 1 aromatic heterocycles. The van der Waals surface area contributed by atoms with Crippen LogP contribution in [-0.4, -0.2) is 32.9 Å². The Bertz CT molecular complexity index is 608. The van der Waals surface area contributed by atoms with E-state index in [0.717, 1.165) is 5.56 Å². The Balaban J connectivity index is 1.88. The Labute approximate surface area is 102 Å². The molecule has 1 aliphatic rings. The predicted octanol–water partition coefficient (Wildman–Crippen LogP) is 0.753. The van der Waals surface area contributed by atoms with Crippen LogP contribution in [0.15, 0.2) is 24.4 Å². The largest absolute Gasteiger partial charge is 0.476 e. The molecular weight excluding hydrogens is 238 g/mol. The highest BCUT2D eigenvalue weighted by molar-refractivity contribution is 5.84. The molecule has 0 spiro atoms. The molecule has 0 aliphatic carbocycles. The summed E-state index contributed by atoms with van der Waals surface area (Å²) in [5.41, 5.74) is 0.784. The zero-order valence-corrected chi connectivity index (χ0v) is 9.24. The first kappa shape index (κ1) is 10.6. The molecule has 0 saturated heterocycles. The van der Waals surface area contributed by atoms with E-state index in [2.05, 4.69) is 10.3 Å². The number of carbonyl (C=O) groups is 1. The summed E-state index contributed by atoms with van der Waals surface area (Å²) in [5.74, 6) is 0.259. The van der Waals surface area contributed by atoms with Gasteiger partial charge in [0.2, 0.25) is 6.79 Å². The second-order valence-electron chi connectivity index (χ2n) is 3.76. The molecule has 92 valence electrons. The highest BCUT2D eigenvalue weighted by Gasteiger charge is 2.18. The molecule has 7 nitrogen and oxygen atoms in total. The van der Waals surface area contributed by atoms with Crippen molar-refractivity contribution in [2.45, 2.75) is 6.54 Å². The van der Waals surface area contributed by atoms with Crippen molar-refractivity contribution >= 4 is 5.97 Å². The molecule has 7 heteroatoms. The van der Waals surface area contributed by atoms with Crippen LogP contribution in [-0.2, 0) is 6.54 Å². The van der Waals surface area contributed by atoms with Gasteiger partial charge >= 0.3 is 5.97 Å². The van der Waals surface area contributed by atoms with Crippen LogP contribution in [0.3, 0.4) is 0 Å². The maximum Gasteiger partial charge on any atom is 0.358 e. The number of benzene rings is 1. The van der Waals surface area contributed by atoms with Gasteiger partial charge in [-0.05, 0) is 6.07 Å². The molecule has 3 rings (SSSR count). The van der Waals surface area contributed by atoms with Crippen molar-refractivity contribution in [1.82, 2.24) is 15.0 Å². The van der Waals surface area contributed by atoms with Crippen LogP contribution in [0.25, 0.3) is 0 Å². The number of fused-ring (bicyclic) bond motifs is 1. The van der Waals surface area contributed by atoms with Gasteiger partial charge in [-0.15, -0.1) is 5.10 Å². The van der Waals surface area contributed by atoms with E-state index in [9.17, 15) is 4.79 Å². The van der Waals surface area contributed by atoms with Crippen LogP contribution in [0.1, 0.15) is 16.1 Å². The molecule has 0 bridgehead atoms. The average molecular weight is 247 g/mol. The molecule has 1 aromatic carbocycles. The molecule has 0 atom stereocenters. The van der Waals surface area contributed by atoms with Crippen molar-refractivity contribution in [1.29, 1.82) is 0 Å². The number of nitrogens with zero attached hydrogens (tertiary/aromatic N) is 3. The first-order chi connectivity index (χ1) is 8.74. The van der Waals surface area contributed by atoms with Crippen LogP contribution in [0, 0.1) is 0 Å². The third-order valence-corrected chi connectivity index (χ3v) is 2.57. The Morgan fingerprint density at radius 3 is 3.11 bits per heavy atom. The molecule has 2 aromatic rings. The van der Waals surface area contributed by atoms with Crippen LogP contribution < -0.4 is 9.47 Å². The lowest BCUT2D eigenvalue weighted by Crippen LogP contribution is -2.02. The number of para-hydroxylation sites is 1. The van der Waals surface area contributed by atoms with Gasteiger partial charge in [0, 0.05) is 5.56 Å². The van der Waals surface area contributed by atoms with Crippen molar-refractivity contribution in [3.05, 3.63) is 35.7 Å². The van der Waals surface area contributed by atoms with E-state index in [1.54, 1.807) is 0 Å². The number of aromatic carboxylic acids is 1. The molecule has 1 N–H and O–H groups in total. The van der Waals surface area contributed by atoms with E-state index in [4.69, 9.17) is 14.6 Å². The van der Waals surface area contributed by atoms with Gasteiger partial charge in [0.05, 0.1) is 12.7 Å². The second-order valence-corrected chi connectivity index (χ2v) is 3.76. The summed E-state index contributed by atoms with van der Waals surface area (Å²) in [5, 5.41) is 16.1. The highest BCUT2D eigenvalue weighted by Crippen LogP contribution is 2.35. The normalized spacial score (nSPS) is 12.7. The number of aromatic nitrogens is 3. The van der Waals surface area contributed by atoms with E-state index in [1.165, 1.54) is 10.9 Å². The van der Waals surface area contributed by atoms with Crippen LogP contribution in [0.4, 0.5) is 0 Å². The molecule has 0 radical (unpaired) electrons. The van der Waals surface area contributed by atoms with E-state index in [-0.39, 0.29) is 12.5 Å². The van der Waals surface area contributed by atoms with Gasteiger partial charge in [-0.1, -0.05) is 17.3 Å². The first-order valence-corrected chi connectivity index (χ1v) is 5.25. The minimum atomic E-state index is -1.10. The van der Waals surface area contributed by atoms with Crippen molar-refractivity contribution in [3.63, 3.8) is 0 Å². The molecule has 0 unspecified atom stereocenters. The fraction of sp³-hybridized carbons (Fsp3) is 0.182. The third-order valence-electron chi connectivity index (χ3n) is 2.57. The Morgan fingerprint density at radius 2 is 2.33 bits per heavy atom. The quantitative estimate of drug-likeness (QED) is 0.861. The van der Waals surface area contributed by atoms with Gasteiger partial charge in [-0.2, -0.15) is 0 Å². The SMILES string of the molecule is O=C(O)c1cn(Cc2cccc3c2OCO3)nn1. The number of hydrogen-bond donors (Lipinski definition) is 1. The van der Waals surface area contributed by atoms with Crippen molar-refractivity contribution in [3.8, 4) is 11.5 Å². The molecule has 2 heterocycles. The molecule has 0 amide bonds. The second kappa shape index (κ2) is 4.02. The third kappa shape index (κ3) is 1.75. The van der Waals surface area contributed by atoms with Crippen LogP contribution in [0.2, 0.25) is 0 Å². The Morgan fingerprint density at radius 1 is 1.44 bits per heavy atom. The van der Waals surface area contributed by atoms with Gasteiger partial charge in [0.25, 0.3) is 0 Å². The van der Waals surface area contributed by atoms with E-state index < -0.39 is 5.97 Å². The molecule has 0 fully saturated rings. The monoisotopic (exact) mass is 247 g/mol. The maximum absolute atomic E-state index is 10.7. The zero-order valence-electron chi connectivity index (χ0n) is 9.24. The summed E-state index contributed by atoms with van der Waals surface area (Å²) in [6, 6.07) is 5.53. The smallest absolute Gasteiger partial charge is 0.358 e. The number of rotatable bonds is 3. The summed E-state index contributed by atoms with van der Waals surface area (Å²) in [6.07, 6.45) is 1.37. The fourth-order valence-electron chi connectivity index (χ4n) is 1.76. The first-order valence-electron chi connectivity index (χ1n) is 5.25. The number of hydrogen-bond acceptors (Lipinski definition) is 5. The molecule has 18 heavy (non-hydrogen) atoms.